The SMILES string of the molecule is CC(O)C(N)C(=O)NC(Cc1c[nH]c2ccccc12)C(=O)NC(CS)C(=O)NCC(=O)O. The van der Waals surface area contributed by atoms with Crippen LogP contribution in [0.3, 0.4) is 0 Å². The molecule has 0 aliphatic rings. The fraction of sp³-hybridized carbons (Fsp3) is 0.400. The van der Waals surface area contributed by atoms with Crippen LogP contribution in [0.5, 0.6) is 0 Å². The average molecular weight is 466 g/mol. The topological polar surface area (TPSA) is 187 Å². The number of para-hydroxylation sites is 1. The first kappa shape index (κ1) is 25.2. The smallest absolute Gasteiger partial charge is 0.322 e. The Kier molecular flexibility index (Phi) is 9.05. The maximum atomic E-state index is 13.0. The second-order valence-corrected chi connectivity index (χ2v) is 7.61. The van der Waals surface area contributed by atoms with Gasteiger partial charge in [0.1, 0.15) is 24.7 Å². The first-order valence-electron chi connectivity index (χ1n) is 9.83. The highest BCUT2D eigenvalue weighted by Crippen LogP contribution is 2.19. The summed E-state index contributed by atoms with van der Waals surface area (Å²) in [5.41, 5.74) is 7.27. The zero-order valence-electron chi connectivity index (χ0n) is 17.4. The molecule has 32 heavy (non-hydrogen) atoms. The number of amides is 3. The fourth-order valence-corrected chi connectivity index (χ4v) is 3.23. The first-order chi connectivity index (χ1) is 15.1. The lowest BCUT2D eigenvalue weighted by atomic mass is 10.0. The molecule has 0 aliphatic carbocycles. The molecule has 0 bridgehead atoms. The van der Waals surface area contributed by atoms with Gasteiger partial charge in [0.05, 0.1) is 6.10 Å². The van der Waals surface area contributed by atoms with Gasteiger partial charge in [0, 0.05) is 29.3 Å². The fourth-order valence-electron chi connectivity index (χ4n) is 2.97. The highest BCUT2D eigenvalue weighted by molar-refractivity contribution is 7.80. The largest absolute Gasteiger partial charge is 0.480 e. The number of nitrogens with two attached hydrogens (primary N) is 1. The van der Waals surface area contributed by atoms with E-state index in [2.05, 4.69) is 33.6 Å². The van der Waals surface area contributed by atoms with E-state index in [9.17, 15) is 24.3 Å². The second kappa shape index (κ2) is 11.5. The number of hydrogen-bond acceptors (Lipinski definition) is 7. The Hall–Kier alpha value is -3.09. The number of carboxylic acid groups (broad SMARTS) is 1. The van der Waals surface area contributed by atoms with Crippen molar-refractivity contribution < 1.29 is 29.4 Å². The minimum Gasteiger partial charge on any atom is -0.480 e. The van der Waals surface area contributed by atoms with Crippen LogP contribution in [0.25, 0.3) is 10.9 Å². The number of rotatable bonds is 11. The van der Waals surface area contributed by atoms with Crippen molar-refractivity contribution in [1.82, 2.24) is 20.9 Å². The summed E-state index contributed by atoms with van der Waals surface area (Å²) in [4.78, 5) is 51.3. The predicted octanol–water partition coefficient (Wildman–Crippen LogP) is -1.48. The lowest BCUT2D eigenvalue weighted by Crippen LogP contribution is -2.58. The van der Waals surface area contributed by atoms with Gasteiger partial charge in [-0.15, -0.1) is 0 Å². The molecule has 2 aromatic rings. The van der Waals surface area contributed by atoms with Gasteiger partial charge < -0.3 is 36.9 Å². The van der Waals surface area contributed by atoms with Crippen LogP contribution in [0.4, 0.5) is 0 Å². The third-order valence-corrected chi connectivity index (χ3v) is 5.15. The van der Waals surface area contributed by atoms with E-state index in [0.717, 1.165) is 16.5 Å². The summed E-state index contributed by atoms with van der Waals surface area (Å²) in [6, 6.07) is 3.89. The number of nitrogens with one attached hydrogen (secondary N) is 4. The van der Waals surface area contributed by atoms with Crippen LogP contribution in [0, 0.1) is 0 Å². The van der Waals surface area contributed by atoms with Crippen molar-refractivity contribution in [3.05, 3.63) is 36.0 Å². The van der Waals surface area contributed by atoms with Gasteiger partial charge >= 0.3 is 5.97 Å². The molecule has 8 N–H and O–H groups in total. The second-order valence-electron chi connectivity index (χ2n) is 7.25. The van der Waals surface area contributed by atoms with E-state index >= 15 is 0 Å². The Morgan fingerprint density at radius 3 is 2.38 bits per heavy atom. The standard InChI is InChI=1S/C20H27N5O6S/c1-10(26)17(21)20(31)24-14(6-11-7-22-13-5-3-2-4-12(11)13)19(30)25-15(9-32)18(29)23-8-16(27)28/h2-5,7,10,14-15,17,22,26,32H,6,8-9,21H2,1H3,(H,23,29)(H,24,31)(H,25,30)(H,27,28). The summed E-state index contributed by atoms with van der Waals surface area (Å²) in [5.74, 6) is -3.49. The summed E-state index contributed by atoms with van der Waals surface area (Å²) in [5, 5.41) is 26.3. The molecular weight excluding hydrogens is 438 g/mol. The molecule has 174 valence electrons. The number of carboxylic acids is 1. The van der Waals surface area contributed by atoms with E-state index in [1.54, 1.807) is 6.20 Å². The zero-order chi connectivity index (χ0) is 23.8. The third kappa shape index (κ3) is 6.70. The summed E-state index contributed by atoms with van der Waals surface area (Å²) in [6.07, 6.45) is 0.643. The van der Waals surface area contributed by atoms with Gasteiger partial charge in [0.2, 0.25) is 17.7 Å². The van der Waals surface area contributed by atoms with Crippen LogP contribution >= 0.6 is 12.6 Å². The van der Waals surface area contributed by atoms with E-state index in [1.165, 1.54) is 6.92 Å². The van der Waals surface area contributed by atoms with E-state index in [0.29, 0.717) is 0 Å². The van der Waals surface area contributed by atoms with Crippen molar-refractivity contribution in [2.24, 2.45) is 5.73 Å². The Bertz CT molecular complexity index is 978. The molecular formula is C20H27N5O6S. The van der Waals surface area contributed by atoms with Gasteiger partial charge in [-0.05, 0) is 18.6 Å². The molecule has 4 unspecified atom stereocenters. The molecule has 0 spiro atoms. The lowest BCUT2D eigenvalue weighted by molar-refractivity contribution is -0.138. The van der Waals surface area contributed by atoms with E-state index in [-0.39, 0.29) is 12.2 Å². The highest BCUT2D eigenvalue weighted by atomic mass is 32.1. The molecule has 0 aliphatic heterocycles. The van der Waals surface area contributed by atoms with Crippen molar-refractivity contribution in [2.75, 3.05) is 12.3 Å². The van der Waals surface area contributed by atoms with Crippen LogP contribution in [-0.4, -0.2) is 75.4 Å². The quantitative estimate of drug-likeness (QED) is 0.186. The third-order valence-electron chi connectivity index (χ3n) is 4.78. The Morgan fingerprint density at radius 1 is 1.09 bits per heavy atom. The van der Waals surface area contributed by atoms with Crippen LogP contribution < -0.4 is 21.7 Å². The molecule has 2 rings (SSSR count). The van der Waals surface area contributed by atoms with Crippen molar-refractivity contribution in [3.8, 4) is 0 Å². The Balaban J connectivity index is 2.22. The maximum absolute atomic E-state index is 13.0. The summed E-state index contributed by atoms with van der Waals surface area (Å²) in [7, 11) is 0. The molecule has 1 aromatic heterocycles. The molecule has 0 radical (unpaired) electrons. The molecule has 1 heterocycles. The number of thiol groups is 1. The minimum absolute atomic E-state index is 0.0736. The lowest BCUT2D eigenvalue weighted by Gasteiger charge is -2.24. The van der Waals surface area contributed by atoms with Crippen molar-refractivity contribution in [1.29, 1.82) is 0 Å². The van der Waals surface area contributed by atoms with Gasteiger partial charge in [0.15, 0.2) is 0 Å². The summed E-state index contributed by atoms with van der Waals surface area (Å²) in [6.45, 7) is 0.737. The van der Waals surface area contributed by atoms with E-state index in [4.69, 9.17) is 10.8 Å². The Labute approximate surface area is 189 Å². The summed E-state index contributed by atoms with van der Waals surface area (Å²) < 4.78 is 0. The zero-order valence-corrected chi connectivity index (χ0v) is 18.3. The molecule has 0 fully saturated rings. The van der Waals surface area contributed by atoms with Gasteiger partial charge in [-0.3, -0.25) is 19.2 Å². The minimum atomic E-state index is -1.26. The number of aromatic amines is 1. The monoisotopic (exact) mass is 465 g/mol. The molecule has 12 heteroatoms. The molecule has 11 nitrogen and oxygen atoms in total. The van der Waals surface area contributed by atoms with Crippen molar-refractivity contribution in [2.45, 2.75) is 37.6 Å². The number of H-pyrrole nitrogens is 1. The van der Waals surface area contributed by atoms with E-state index < -0.39 is 54.5 Å². The molecule has 4 atom stereocenters. The molecule has 1 aromatic carbocycles. The van der Waals surface area contributed by atoms with Crippen LogP contribution in [0.2, 0.25) is 0 Å². The molecule has 3 amide bonds. The number of benzene rings is 1. The van der Waals surface area contributed by atoms with Crippen LogP contribution in [-0.2, 0) is 25.6 Å². The number of aromatic nitrogens is 1. The van der Waals surface area contributed by atoms with Gasteiger partial charge in [0.25, 0.3) is 0 Å². The number of carbonyl (C=O) groups excluding carboxylic acids is 3. The maximum Gasteiger partial charge on any atom is 0.322 e. The van der Waals surface area contributed by atoms with Crippen molar-refractivity contribution >= 4 is 47.2 Å². The first-order valence-corrected chi connectivity index (χ1v) is 10.5. The van der Waals surface area contributed by atoms with Gasteiger partial charge in [-0.1, -0.05) is 18.2 Å². The number of aliphatic hydroxyl groups is 1. The number of carbonyl (C=O) groups is 4. The van der Waals surface area contributed by atoms with Gasteiger partial charge in [-0.2, -0.15) is 12.6 Å². The predicted molar refractivity (Wildman–Crippen MR) is 120 cm³/mol. The Morgan fingerprint density at radius 2 is 1.75 bits per heavy atom. The number of fused-ring (bicyclic) bond motifs is 1. The van der Waals surface area contributed by atoms with Crippen LogP contribution in [0.1, 0.15) is 12.5 Å². The molecule has 0 saturated heterocycles. The highest BCUT2D eigenvalue weighted by Gasteiger charge is 2.29. The average Bonchev–Trinajstić information content (AvgIpc) is 3.17. The summed E-state index contributed by atoms with van der Waals surface area (Å²) >= 11 is 4.04. The van der Waals surface area contributed by atoms with E-state index in [1.807, 2.05) is 24.3 Å². The van der Waals surface area contributed by atoms with Gasteiger partial charge in [-0.25, -0.2) is 0 Å². The molecule has 0 saturated carbocycles. The van der Waals surface area contributed by atoms with Crippen molar-refractivity contribution in [3.63, 3.8) is 0 Å². The number of hydrogen-bond donors (Lipinski definition) is 8. The number of aliphatic hydroxyl groups excluding tert-OH is 1. The van der Waals surface area contributed by atoms with Crippen LogP contribution in [0.15, 0.2) is 30.5 Å². The number of aliphatic carboxylic acids is 1. The normalized spacial score (nSPS) is 14.8.